The maximum Gasteiger partial charge on any atom is 0.0193 e. The van der Waals surface area contributed by atoms with Crippen molar-refractivity contribution >= 4 is 0 Å². The summed E-state index contributed by atoms with van der Waals surface area (Å²) in [4.78, 5) is 2.59. The van der Waals surface area contributed by atoms with Crippen molar-refractivity contribution in [3.05, 3.63) is 12.2 Å². The first-order valence-corrected chi connectivity index (χ1v) is 4.27. The Kier molecular flexibility index (Phi) is 1.53. The van der Waals surface area contributed by atoms with Crippen LogP contribution in [0, 0.1) is 0 Å². The van der Waals surface area contributed by atoms with Gasteiger partial charge in [-0.25, -0.2) is 0 Å². The van der Waals surface area contributed by atoms with Crippen LogP contribution in [0.1, 0.15) is 25.7 Å². The highest BCUT2D eigenvalue weighted by Crippen LogP contribution is 2.28. The zero-order valence-electron chi connectivity index (χ0n) is 6.47. The molecule has 2 saturated heterocycles. The van der Waals surface area contributed by atoms with E-state index in [0.29, 0.717) is 0 Å². The second-order valence-electron chi connectivity index (χ2n) is 3.57. The Balaban J connectivity index is 2.04. The number of piperidine rings is 1. The van der Waals surface area contributed by atoms with Crippen LogP contribution < -0.4 is 0 Å². The molecular weight excluding hydrogens is 122 g/mol. The van der Waals surface area contributed by atoms with Crippen LogP contribution in [-0.2, 0) is 0 Å². The van der Waals surface area contributed by atoms with Crippen LogP contribution in [-0.4, -0.2) is 24.0 Å². The fourth-order valence-electron chi connectivity index (χ4n) is 2.18. The number of rotatable bonds is 0. The van der Waals surface area contributed by atoms with Gasteiger partial charge in [-0.15, -0.1) is 0 Å². The molecule has 0 saturated carbocycles. The average Bonchev–Trinajstić information content (AvgIpc) is 2.27. The molecule has 10 heavy (non-hydrogen) atoms. The molecule has 0 radical (unpaired) electrons. The molecule has 0 aromatic carbocycles. The fraction of sp³-hybridized carbons (Fsp3) is 0.778. The molecule has 2 aliphatic heterocycles. The van der Waals surface area contributed by atoms with E-state index < -0.39 is 0 Å². The standard InChI is InChI=1S/C9H15N/c1-8-6-9-4-2-3-5-10(9)7-8/h9H,1-7H2. The lowest BCUT2D eigenvalue weighted by Gasteiger charge is -2.28. The maximum absolute atomic E-state index is 4.04. The summed E-state index contributed by atoms with van der Waals surface area (Å²) in [5, 5.41) is 0. The second kappa shape index (κ2) is 2.39. The molecule has 2 fully saturated rings. The highest BCUT2D eigenvalue weighted by Gasteiger charge is 2.28. The van der Waals surface area contributed by atoms with Crippen LogP contribution in [0.4, 0.5) is 0 Å². The molecule has 1 heteroatoms. The molecule has 0 spiro atoms. The van der Waals surface area contributed by atoms with Crippen LogP contribution in [0.25, 0.3) is 0 Å². The van der Waals surface area contributed by atoms with Gasteiger partial charge in [0.15, 0.2) is 0 Å². The smallest absolute Gasteiger partial charge is 0.0193 e. The first-order valence-electron chi connectivity index (χ1n) is 4.27. The minimum Gasteiger partial charge on any atom is -0.296 e. The van der Waals surface area contributed by atoms with Gasteiger partial charge in [-0.05, 0) is 25.8 Å². The molecule has 56 valence electrons. The van der Waals surface area contributed by atoms with Crippen molar-refractivity contribution in [1.29, 1.82) is 0 Å². The third-order valence-electron chi connectivity index (χ3n) is 2.70. The van der Waals surface area contributed by atoms with Gasteiger partial charge in [-0.3, -0.25) is 4.90 Å². The van der Waals surface area contributed by atoms with Crippen molar-refractivity contribution in [3.63, 3.8) is 0 Å². The maximum atomic E-state index is 4.04. The van der Waals surface area contributed by atoms with Crippen LogP contribution in [0.2, 0.25) is 0 Å². The predicted octanol–water partition coefficient (Wildman–Crippen LogP) is 1.80. The van der Waals surface area contributed by atoms with Gasteiger partial charge in [0.1, 0.15) is 0 Å². The molecule has 0 aliphatic carbocycles. The summed E-state index contributed by atoms with van der Waals surface area (Å²) in [6, 6.07) is 0.876. The van der Waals surface area contributed by atoms with E-state index in [0.717, 1.165) is 6.04 Å². The first kappa shape index (κ1) is 6.41. The molecule has 1 nitrogen and oxygen atoms in total. The summed E-state index contributed by atoms with van der Waals surface area (Å²) >= 11 is 0. The third-order valence-corrected chi connectivity index (χ3v) is 2.70. The summed E-state index contributed by atoms with van der Waals surface area (Å²) in [6.07, 6.45) is 5.54. The van der Waals surface area contributed by atoms with E-state index in [4.69, 9.17) is 0 Å². The summed E-state index contributed by atoms with van der Waals surface area (Å²) in [7, 11) is 0. The number of hydrogen-bond donors (Lipinski definition) is 0. The molecule has 0 aromatic heterocycles. The van der Waals surface area contributed by atoms with E-state index in [1.165, 1.54) is 44.3 Å². The Morgan fingerprint density at radius 2 is 2.30 bits per heavy atom. The minimum absolute atomic E-state index is 0.876. The molecular formula is C9H15N. The fourth-order valence-corrected chi connectivity index (χ4v) is 2.18. The van der Waals surface area contributed by atoms with Gasteiger partial charge in [0.2, 0.25) is 0 Å². The SMILES string of the molecule is C=C1CC2CCCCN2C1. The third kappa shape index (κ3) is 0.988. The van der Waals surface area contributed by atoms with Crippen molar-refractivity contribution in [2.75, 3.05) is 13.1 Å². The Morgan fingerprint density at radius 3 is 3.10 bits per heavy atom. The highest BCUT2D eigenvalue weighted by atomic mass is 15.2. The molecule has 2 heterocycles. The quantitative estimate of drug-likeness (QED) is 0.460. The lowest BCUT2D eigenvalue weighted by Crippen LogP contribution is -2.33. The van der Waals surface area contributed by atoms with E-state index in [2.05, 4.69) is 11.5 Å². The Hall–Kier alpha value is -0.300. The van der Waals surface area contributed by atoms with Gasteiger partial charge in [-0.1, -0.05) is 18.6 Å². The normalized spacial score (nSPS) is 34.4. The van der Waals surface area contributed by atoms with E-state index in [9.17, 15) is 0 Å². The van der Waals surface area contributed by atoms with Gasteiger partial charge in [0.05, 0.1) is 0 Å². The lowest BCUT2D eigenvalue weighted by molar-refractivity contribution is 0.199. The molecule has 2 rings (SSSR count). The van der Waals surface area contributed by atoms with E-state index in [-0.39, 0.29) is 0 Å². The second-order valence-corrected chi connectivity index (χ2v) is 3.57. The van der Waals surface area contributed by atoms with Gasteiger partial charge < -0.3 is 0 Å². The molecule has 1 unspecified atom stereocenters. The largest absolute Gasteiger partial charge is 0.296 e. The Morgan fingerprint density at radius 1 is 1.40 bits per heavy atom. The van der Waals surface area contributed by atoms with Gasteiger partial charge in [-0.2, -0.15) is 0 Å². The summed E-state index contributed by atoms with van der Waals surface area (Å²) in [6.45, 7) is 6.54. The van der Waals surface area contributed by atoms with E-state index in [1.807, 2.05) is 0 Å². The van der Waals surface area contributed by atoms with Gasteiger partial charge >= 0.3 is 0 Å². The van der Waals surface area contributed by atoms with Crippen LogP contribution >= 0.6 is 0 Å². The van der Waals surface area contributed by atoms with Crippen molar-refractivity contribution in [3.8, 4) is 0 Å². The van der Waals surface area contributed by atoms with E-state index in [1.54, 1.807) is 0 Å². The highest BCUT2D eigenvalue weighted by molar-refractivity contribution is 5.08. The topological polar surface area (TPSA) is 3.24 Å². The zero-order chi connectivity index (χ0) is 6.97. The number of nitrogens with zero attached hydrogens (tertiary/aromatic N) is 1. The van der Waals surface area contributed by atoms with Crippen molar-refractivity contribution < 1.29 is 0 Å². The Bertz CT molecular complexity index is 135. The average molecular weight is 137 g/mol. The summed E-state index contributed by atoms with van der Waals surface area (Å²) in [5.41, 5.74) is 1.45. The molecule has 1 atom stereocenters. The van der Waals surface area contributed by atoms with E-state index >= 15 is 0 Å². The van der Waals surface area contributed by atoms with Crippen molar-refractivity contribution in [1.82, 2.24) is 4.90 Å². The molecule has 0 bridgehead atoms. The summed E-state index contributed by atoms with van der Waals surface area (Å²) in [5.74, 6) is 0. The van der Waals surface area contributed by atoms with Gasteiger partial charge in [0, 0.05) is 12.6 Å². The molecule has 0 amide bonds. The van der Waals surface area contributed by atoms with Crippen molar-refractivity contribution in [2.45, 2.75) is 31.7 Å². The number of hydrogen-bond acceptors (Lipinski definition) is 1. The zero-order valence-corrected chi connectivity index (χ0v) is 6.47. The monoisotopic (exact) mass is 137 g/mol. The molecule has 0 aromatic rings. The van der Waals surface area contributed by atoms with Crippen LogP contribution in [0.5, 0.6) is 0 Å². The Labute approximate surface area is 62.7 Å². The van der Waals surface area contributed by atoms with Crippen LogP contribution in [0.15, 0.2) is 12.2 Å². The minimum atomic E-state index is 0.876. The van der Waals surface area contributed by atoms with Crippen LogP contribution in [0.3, 0.4) is 0 Å². The number of fused-ring (bicyclic) bond motifs is 1. The predicted molar refractivity (Wildman–Crippen MR) is 43.0 cm³/mol. The molecule has 2 aliphatic rings. The lowest BCUT2D eigenvalue weighted by atomic mass is 10.0. The van der Waals surface area contributed by atoms with Crippen molar-refractivity contribution in [2.24, 2.45) is 0 Å². The molecule has 0 N–H and O–H groups in total. The van der Waals surface area contributed by atoms with Gasteiger partial charge in [0.25, 0.3) is 0 Å². The summed E-state index contributed by atoms with van der Waals surface area (Å²) < 4.78 is 0. The first-order chi connectivity index (χ1) is 4.86.